The summed E-state index contributed by atoms with van der Waals surface area (Å²) in [6.45, 7) is 11.5. The van der Waals surface area contributed by atoms with Crippen molar-refractivity contribution in [2.75, 3.05) is 32.8 Å². The van der Waals surface area contributed by atoms with Crippen molar-refractivity contribution < 1.29 is 4.74 Å². The highest BCUT2D eigenvalue weighted by molar-refractivity contribution is 7.80. The lowest BCUT2D eigenvalue weighted by Gasteiger charge is -2.41. The first-order valence-electron chi connectivity index (χ1n) is 8.36. The van der Waals surface area contributed by atoms with Crippen LogP contribution in [-0.2, 0) is 4.74 Å². The lowest BCUT2D eigenvalue weighted by Crippen LogP contribution is -2.57. The van der Waals surface area contributed by atoms with E-state index in [9.17, 15) is 0 Å². The van der Waals surface area contributed by atoms with Crippen LogP contribution in [0.5, 0.6) is 0 Å². The van der Waals surface area contributed by atoms with E-state index >= 15 is 0 Å². The first-order chi connectivity index (χ1) is 9.99. The molecule has 2 aliphatic rings. The van der Waals surface area contributed by atoms with Gasteiger partial charge in [0.25, 0.3) is 0 Å². The molecule has 0 aromatic carbocycles. The van der Waals surface area contributed by atoms with Gasteiger partial charge in [-0.25, -0.2) is 0 Å². The van der Waals surface area contributed by atoms with E-state index < -0.39 is 0 Å². The Balaban J connectivity index is 1.74. The molecule has 2 rings (SSSR count). The zero-order valence-electron chi connectivity index (χ0n) is 13.8. The Morgan fingerprint density at radius 1 is 1.24 bits per heavy atom. The average Bonchev–Trinajstić information content (AvgIpc) is 2.49. The minimum Gasteiger partial charge on any atom is -0.379 e. The molecule has 1 aliphatic carbocycles. The summed E-state index contributed by atoms with van der Waals surface area (Å²) in [5, 5.41) is 7.76. The van der Waals surface area contributed by atoms with E-state index in [0.717, 1.165) is 43.9 Å². The number of hydrogen-bond acceptors (Lipinski definition) is 3. The van der Waals surface area contributed by atoms with Gasteiger partial charge in [-0.3, -0.25) is 4.90 Å². The van der Waals surface area contributed by atoms with Crippen molar-refractivity contribution in [3.63, 3.8) is 0 Å². The van der Waals surface area contributed by atoms with Crippen LogP contribution in [0.4, 0.5) is 0 Å². The van der Waals surface area contributed by atoms with Gasteiger partial charge in [0.05, 0.1) is 13.2 Å². The third-order valence-electron chi connectivity index (χ3n) is 4.98. The molecule has 0 aromatic rings. The fourth-order valence-electron chi connectivity index (χ4n) is 3.33. The molecule has 4 nitrogen and oxygen atoms in total. The minimum absolute atomic E-state index is 0.105. The average molecular weight is 314 g/mol. The van der Waals surface area contributed by atoms with Gasteiger partial charge in [0.1, 0.15) is 0 Å². The molecule has 1 saturated carbocycles. The zero-order valence-corrected chi connectivity index (χ0v) is 14.6. The van der Waals surface area contributed by atoms with Crippen molar-refractivity contribution in [2.24, 2.45) is 5.92 Å². The van der Waals surface area contributed by atoms with E-state index in [4.69, 9.17) is 17.0 Å². The molecule has 1 aliphatic heterocycles. The number of morpholine rings is 1. The molecular weight excluding hydrogens is 282 g/mol. The molecule has 0 amide bonds. The molecular formula is C16H31N3OS. The second-order valence-corrected chi connectivity index (χ2v) is 7.52. The molecule has 2 unspecified atom stereocenters. The Hall–Kier alpha value is -0.390. The standard InChI is InChI=1S/C16H31N3OS/c1-13-6-4-5-7-14(13)18-15(21)17-12-16(2,3)19-8-10-20-11-9-19/h13-14H,4-12H2,1-3H3,(H2,17,18,21). The zero-order chi connectivity index (χ0) is 15.3. The van der Waals surface area contributed by atoms with Crippen LogP contribution in [0.1, 0.15) is 46.5 Å². The minimum atomic E-state index is 0.105. The number of hydrogen-bond donors (Lipinski definition) is 2. The Morgan fingerprint density at radius 3 is 2.57 bits per heavy atom. The second kappa shape index (κ2) is 7.75. The highest BCUT2D eigenvalue weighted by atomic mass is 32.1. The van der Waals surface area contributed by atoms with Crippen molar-refractivity contribution in [3.8, 4) is 0 Å². The molecule has 2 N–H and O–H groups in total. The van der Waals surface area contributed by atoms with Gasteiger partial charge in [0, 0.05) is 31.2 Å². The normalized spacial score (nSPS) is 28.1. The second-order valence-electron chi connectivity index (χ2n) is 7.11. The highest BCUT2D eigenvalue weighted by Gasteiger charge is 2.28. The summed E-state index contributed by atoms with van der Waals surface area (Å²) in [5.74, 6) is 0.728. The predicted molar refractivity (Wildman–Crippen MR) is 91.6 cm³/mol. The summed E-state index contributed by atoms with van der Waals surface area (Å²) in [6.07, 6.45) is 5.25. The lowest BCUT2D eigenvalue weighted by atomic mass is 9.86. The lowest BCUT2D eigenvalue weighted by molar-refractivity contribution is -0.00831. The van der Waals surface area contributed by atoms with Crippen molar-refractivity contribution >= 4 is 17.3 Å². The van der Waals surface area contributed by atoms with Gasteiger partial charge in [-0.2, -0.15) is 0 Å². The quantitative estimate of drug-likeness (QED) is 0.778. The molecule has 21 heavy (non-hydrogen) atoms. The van der Waals surface area contributed by atoms with Crippen LogP contribution in [0.25, 0.3) is 0 Å². The van der Waals surface area contributed by atoms with Crippen molar-refractivity contribution in [1.29, 1.82) is 0 Å². The molecule has 5 heteroatoms. The highest BCUT2D eigenvalue weighted by Crippen LogP contribution is 2.23. The van der Waals surface area contributed by atoms with Crippen LogP contribution in [0.15, 0.2) is 0 Å². The molecule has 0 radical (unpaired) electrons. The maximum Gasteiger partial charge on any atom is 0.166 e. The SMILES string of the molecule is CC1CCCCC1NC(=S)NCC(C)(C)N1CCOCC1. The van der Waals surface area contributed by atoms with Crippen LogP contribution >= 0.6 is 12.2 Å². The van der Waals surface area contributed by atoms with Gasteiger partial charge < -0.3 is 15.4 Å². The summed E-state index contributed by atoms with van der Waals surface area (Å²) < 4.78 is 5.43. The van der Waals surface area contributed by atoms with E-state index in [0.29, 0.717) is 6.04 Å². The number of ether oxygens (including phenoxy) is 1. The third-order valence-corrected chi connectivity index (χ3v) is 5.24. The maximum atomic E-state index is 5.49. The smallest absolute Gasteiger partial charge is 0.166 e. The monoisotopic (exact) mass is 313 g/mol. The summed E-state index contributed by atoms with van der Waals surface area (Å²) >= 11 is 5.49. The van der Waals surface area contributed by atoms with Gasteiger partial charge in [-0.05, 0) is 44.8 Å². The topological polar surface area (TPSA) is 36.5 Å². The molecule has 1 saturated heterocycles. The van der Waals surface area contributed by atoms with E-state index in [1.165, 1.54) is 25.7 Å². The van der Waals surface area contributed by atoms with Crippen LogP contribution < -0.4 is 10.6 Å². The van der Waals surface area contributed by atoms with Crippen LogP contribution in [0.2, 0.25) is 0 Å². The molecule has 0 spiro atoms. The summed E-state index contributed by atoms with van der Waals surface area (Å²) in [5.41, 5.74) is 0.105. The largest absolute Gasteiger partial charge is 0.379 e. The van der Waals surface area contributed by atoms with Gasteiger partial charge in [0.15, 0.2) is 5.11 Å². The van der Waals surface area contributed by atoms with Crippen molar-refractivity contribution in [3.05, 3.63) is 0 Å². The number of nitrogens with one attached hydrogen (secondary N) is 2. The molecule has 0 bridgehead atoms. The Labute approximate surface area is 135 Å². The van der Waals surface area contributed by atoms with Crippen molar-refractivity contribution in [1.82, 2.24) is 15.5 Å². The molecule has 0 aromatic heterocycles. The van der Waals surface area contributed by atoms with E-state index in [1.54, 1.807) is 0 Å². The van der Waals surface area contributed by atoms with Crippen LogP contribution in [-0.4, -0.2) is 54.4 Å². The molecule has 122 valence electrons. The number of thiocarbonyl (C=S) groups is 1. The fraction of sp³-hybridized carbons (Fsp3) is 0.938. The van der Waals surface area contributed by atoms with Crippen molar-refractivity contribution in [2.45, 2.75) is 58.0 Å². The van der Waals surface area contributed by atoms with E-state index in [-0.39, 0.29) is 5.54 Å². The Kier molecular flexibility index (Phi) is 6.26. The molecule has 1 heterocycles. The van der Waals surface area contributed by atoms with E-state index in [2.05, 4.69) is 36.3 Å². The van der Waals surface area contributed by atoms with Gasteiger partial charge in [-0.15, -0.1) is 0 Å². The molecule has 2 atom stereocenters. The fourth-order valence-corrected chi connectivity index (χ4v) is 3.55. The maximum absolute atomic E-state index is 5.49. The summed E-state index contributed by atoms with van der Waals surface area (Å²) in [4.78, 5) is 2.48. The van der Waals surface area contributed by atoms with Crippen LogP contribution in [0, 0.1) is 5.92 Å². The molecule has 2 fully saturated rings. The van der Waals surface area contributed by atoms with Gasteiger partial charge in [-0.1, -0.05) is 19.8 Å². The van der Waals surface area contributed by atoms with Gasteiger partial charge in [0.2, 0.25) is 0 Å². The third kappa shape index (κ3) is 5.08. The first kappa shape index (κ1) is 17.0. The number of rotatable bonds is 4. The van der Waals surface area contributed by atoms with Crippen LogP contribution in [0.3, 0.4) is 0 Å². The Bertz CT molecular complexity index is 342. The van der Waals surface area contributed by atoms with Gasteiger partial charge >= 0.3 is 0 Å². The first-order valence-corrected chi connectivity index (χ1v) is 8.77. The Morgan fingerprint density at radius 2 is 1.90 bits per heavy atom. The number of nitrogens with zero attached hydrogens (tertiary/aromatic N) is 1. The summed E-state index contributed by atoms with van der Waals surface area (Å²) in [7, 11) is 0. The van der Waals surface area contributed by atoms with E-state index in [1.807, 2.05) is 0 Å². The summed E-state index contributed by atoms with van der Waals surface area (Å²) in [6, 6.07) is 0.547. The predicted octanol–water partition coefficient (Wildman–Crippen LogP) is 2.14.